The van der Waals surface area contributed by atoms with Crippen LogP contribution in [0.4, 0.5) is 10.1 Å². The molecule has 6 heteroatoms. The molecule has 0 aliphatic carbocycles. The second-order valence-electron chi connectivity index (χ2n) is 3.85. The largest absolute Gasteiger partial charge is 0.379 e. The lowest BCUT2D eigenvalue weighted by atomic mass is 10.2. The van der Waals surface area contributed by atoms with Crippen LogP contribution in [0.1, 0.15) is 5.56 Å². The van der Waals surface area contributed by atoms with Crippen LogP contribution in [0, 0.1) is 5.82 Å². The molecule has 2 aromatic rings. The van der Waals surface area contributed by atoms with Gasteiger partial charge in [0.15, 0.2) is 0 Å². The van der Waals surface area contributed by atoms with E-state index in [2.05, 4.69) is 37.2 Å². The molecule has 19 heavy (non-hydrogen) atoms. The number of anilines is 1. The fourth-order valence-corrected chi connectivity index (χ4v) is 2.82. The Labute approximate surface area is 137 Å². The lowest BCUT2D eigenvalue weighted by molar-refractivity contribution is 0.628. The van der Waals surface area contributed by atoms with Gasteiger partial charge < -0.3 is 5.32 Å². The molecule has 2 rings (SSSR count). The predicted molar refractivity (Wildman–Crippen MR) is 85.6 cm³/mol. The van der Waals surface area contributed by atoms with Crippen molar-refractivity contribution in [2.24, 2.45) is 0 Å². The van der Waals surface area contributed by atoms with E-state index < -0.39 is 5.82 Å². The van der Waals surface area contributed by atoms with Gasteiger partial charge in [0.05, 0.1) is 15.7 Å². The van der Waals surface area contributed by atoms with Gasteiger partial charge in [-0.2, -0.15) is 0 Å². The van der Waals surface area contributed by atoms with Crippen LogP contribution in [0.3, 0.4) is 0 Å². The van der Waals surface area contributed by atoms with Gasteiger partial charge in [-0.05, 0) is 61.7 Å². The molecule has 1 nitrogen and oxygen atoms in total. The van der Waals surface area contributed by atoms with Crippen molar-refractivity contribution in [3.63, 3.8) is 0 Å². The predicted octanol–water partition coefficient (Wildman–Crippen LogP) is 6.27. The Morgan fingerprint density at radius 2 is 1.63 bits per heavy atom. The summed E-state index contributed by atoms with van der Waals surface area (Å²) >= 11 is 18.7. The Morgan fingerprint density at radius 1 is 1.00 bits per heavy atom. The summed E-state index contributed by atoms with van der Waals surface area (Å²) in [5.41, 5.74) is 1.58. The van der Waals surface area contributed by atoms with Crippen LogP contribution in [0.2, 0.25) is 10.0 Å². The van der Waals surface area contributed by atoms with Crippen molar-refractivity contribution < 1.29 is 4.39 Å². The third kappa shape index (κ3) is 3.85. The quantitative estimate of drug-likeness (QED) is 0.608. The van der Waals surface area contributed by atoms with Crippen LogP contribution in [-0.4, -0.2) is 0 Å². The molecule has 0 unspecified atom stereocenters. The first-order chi connectivity index (χ1) is 8.97. The summed E-state index contributed by atoms with van der Waals surface area (Å²) in [6.45, 7) is 0.539. The lowest BCUT2D eigenvalue weighted by Crippen LogP contribution is -2.01. The van der Waals surface area contributed by atoms with Crippen LogP contribution in [0.15, 0.2) is 39.3 Å². The molecule has 0 radical (unpaired) electrons. The average Bonchev–Trinajstić information content (AvgIpc) is 2.32. The molecule has 0 spiro atoms. The lowest BCUT2D eigenvalue weighted by Gasteiger charge is -2.11. The van der Waals surface area contributed by atoms with Crippen LogP contribution in [-0.2, 0) is 6.54 Å². The highest BCUT2D eigenvalue weighted by Crippen LogP contribution is 2.32. The minimum absolute atomic E-state index is 0.265. The highest BCUT2D eigenvalue weighted by molar-refractivity contribution is 9.13. The SMILES string of the molecule is Fc1cc(Cl)c(NCc2ccc(Br)c(Br)c2)c(Cl)c1. The molecule has 0 amide bonds. The highest BCUT2D eigenvalue weighted by atomic mass is 79.9. The van der Waals surface area contributed by atoms with Crippen molar-refractivity contribution in [2.75, 3.05) is 5.32 Å². The summed E-state index contributed by atoms with van der Waals surface area (Å²) in [5.74, 6) is -0.452. The number of benzene rings is 2. The van der Waals surface area contributed by atoms with Gasteiger partial charge in [0.25, 0.3) is 0 Å². The number of hydrogen-bond acceptors (Lipinski definition) is 1. The molecule has 0 heterocycles. The first kappa shape index (κ1) is 15.1. The smallest absolute Gasteiger partial charge is 0.126 e. The van der Waals surface area contributed by atoms with Crippen molar-refractivity contribution >= 4 is 60.7 Å². The van der Waals surface area contributed by atoms with E-state index in [4.69, 9.17) is 23.2 Å². The van der Waals surface area contributed by atoms with Gasteiger partial charge in [0.1, 0.15) is 5.82 Å². The summed E-state index contributed by atoms with van der Waals surface area (Å²) in [6, 6.07) is 8.34. The van der Waals surface area contributed by atoms with Crippen LogP contribution in [0.25, 0.3) is 0 Å². The summed E-state index contributed by atoms with van der Waals surface area (Å²) in [5, 5.41) is 3.63. The molecule has 1 N–H and O–H groups in total. The van der Waals surface area contributed by atoms with Crippen molar-refractivity contribution in [1.29, 1.82) is 0 Å². The maximum atomic E-state index is 13.1. The normalized spacial score (nSPS) is 10.6. The first-order valence-electron chi connectivity index (χ1n) is 5.29. The number of halogens is 5. The van der Waals surface area contributed by atoms with Gasteiger partial charge in [0.2, 0.25) is 0 Å². The van der Waals surface area contributed by atoms with Crippen LogP contribution in [0.5, 0.6) is 0 Å². The van der Waals surface area contributed by atoms with Gasteiger partial charge in [-0.3, -0.25) is 0 Å². The van der Waals surface area contributed by atoms with Crippen molar-refractivity contribution in [3.8, 4) is 0 Å². The molecular weight excluding hydrogens is 420 g/mol. The molecule has 0 bridgehead atoms. The Kier molecular flexibility index (Phi) is 5.12. The molecular formula is C13H8Br2Cl2FN. The van der Waals surface area contributed by atoms with Gasteiger partial charge in [0, 0.05) is 15.5 Å². The summed E-state index contributed by atoms with van der Waals surface area (Å²) in [6.07, 6.45) is 0. The molecule has 2 aromatic carbocycles. The van der Waals surface area contributed by atoms with E-state index in [1.54, 1.807) is 0 Å². The zero-order valence-electron chi connectivity index (χ0n) is 9.48. The second-order valence-corrected chi connectivity index (χ2v) is 6.37. The Balaban J connectivity index is 2.16. The van der Waals surface area contributed by atoms with E-state index in [1.807, 2.05) is 18.2 Å². The summed E-state index contributed by atoms with van der Waals surface area (Å²) < 4.78 is 15.0. The van der Waals surface area contributed by atoms with Gasteiger partial charge in [-0.25, -0.2) is 4.39 Å². The van der Waals surface area contributed by atoms with Gasteiger partial charge >= 0.3 is 0 Å². The molecule has 0 saturated carbocycles. The third-order valence-electron chi connectivity index (χ3n) is 2.46. The van der Waals surface area contributed by atoms with Gasteiger partial charge in [-0.15, -0.1) is 0 Å². The van der Waals surface area contributed by atoms with E-state index in [0.29, 0.717) is 12.2 Å². The second kappa shape index (κ2) is 6.44. The Bertz CT molecular complexity index is 597. The first-order valence-corrected chi connectivity index (χ1v) is 7.64. The number of hydrogen-bond donors (Lipinski definition) is 1. The summed E-state index contributed by atoms with van der Waals surface area (Å²) in [7, 11) is 0. The average molecular weight is 428 g/mol. The van der Waals surface area contributed by atoms with Crippen LogP contribution < -0.4 is 5.32 Å². The highest BCUT2D eigenvalue weighted by Gasteiger charge is 2.08. The van der Waals surface area contributed by atoms with E-state index >= 15 is 0 Å². The molecule has 0 atom stereocenters. The van der Waals surface area contributed by atoms with Crippen molar-refractivity contribution in [2.45, 2.75) is 6.54 Å². The zero-order chi connectivity index (χ0) is 14.0. The molecule has 0 saturated heterocycles. The fraction of sp³-hybridized carbons (Fsp3) is 0.0769. The number of rotatable bonds is 3. The fourth-order valence-electron chi connectivity index (χ4n) is 1.55. The van der Waals surface area contributed by atoms with Crippen molar-refractivity contribution in [3.05, 3.63) is 60.7 Å². The summed E-state index contributed by atoms with van der Waals surface area (Å²) in [4.78, 5) is 0. The maximum Gasteiger partial charge on any atom is 0.126 e. The minimum atomic E-state index is -0.452. The standard InChI is InChI=1S/C13H8Br2Cl2FN/c14-9-2-1-7(3-10(9)15)6-19-13-11(16)4-8(18)5-12(13)17/h1-5,19H,6H2. The van der Waals surface area contributed by atoms with Crippen molar-refractivity contribution in [1.82, 2.24) is 0 Å². The van der Waals surface area contributed by atoms with Gasteiger partial charge in [-0.1, -0.05) is 29.3 Å². The Hall–Kier alpha value is -0.290. The van der Waals surface area contributed by atoms with E-state index in [-0.39, 0.29) is 10.0 Å². The van der Waals surface area contributed by atoms with Crippen LogP contribution >= 0.6 is 55.1 Å². The Morgan fingerprint density at radius 3 is 2.21 bits per heavy atom. The molecule has 0 aliphatic heterocycles. The topological polar surface area (TPSA) is 12.0 Å². The molecule has 0 fully saturated rings. The molecule has 0 aliphatic rings. The zero-order valence-corrected chi connectivity index (χ0v) is 14.2. The van der Waals surface area contributed by atoms with E-state index in [9.17, 15) is 4.39 Å². The molecule has 0 aromatic heterocycles. The third-order valence-corrected chi connectivity index (χ3v) is 4.94. The minimum Gasteiger partial charge on any atom is -0.379 e. The molecule has 100 valence electrons. The van der Waals surface area contributed by atoms with E-state index in [0.717, 1.165) is 14.5 Å². The maximum absolute atomic E-state index is 13.1. The number of nitrogens with one attached hydrogen (secondary N) is 1. The monoisotopic (exact) mass is 425 g/mol. The van der Waals surface area contributed by atoms with E-state index in [1.165, 1.54) is 12.1 Å².